The molecule has 3 aromatic rings. The minimum atomic E-state index is 0.0798. The monoisotopic (exact) mass is 402 g/mol. The predicted molar refractivity (Wildman–Crippen MR) is 116 cm³/mol. The van der Waals surface area contributed by atoms with E-state index in [4.69, 9.17) is 9.47 Å². The van der Waals surface area contributed by atoms with Crippen molar-refractivity contribution in [1.29, 1.82) is 0 Å². The normalized spacial score (nSPS) is 15.0. The molecule has 5 nitrogen and oxygen atoms in total. The summed E-state index contributed by atoms with van der Waals surface area (Å²) < 4.78 is 10.7. The Bertz CT molecular complexity index is 1060. The molecule has 1 N–H and O–H groups in total. The highest BCUT2D eigenvalue weighted by Crippen LogP contribution is 2.32. The largest absolute Gasteiger partial charge is 0.454 e. The van der Waals surface area contributed by atoms with Crippen LogP contribution in [0.3, 0.4) is 0 Å². The van der Waals surface area contributed by atoms with Crippen molar-refractivity contribution in [3.63, 3.8) is 0 Å². The molecule has 1 aliphatic carbocycles. The zero-order valence-electron chi connectivity index (χ0n) is 17.0. The fraction of sp³-hybridized carbons (Fsp3) is 0.320. The van der Waals surface area contributed by atoms with Crippen LogP contribution in [0.25, 0.3) is 10.8 Å². The Morgan fingerprint density at radius 3 is 2.73 bits per heavy atom. The maximum absolute atomic E-state index is 12.5. The Kier molecular flexibility index (Phi) is 5.28. The molecule has 1 aliphatic heterocycles. The van der Waals surface area contributed by atoms with Crippen molar-refractivity contribution in [2.24, 2.45) is 0 Å². The molecular formula is C25H26N2O3. The standard InChI is InChI=1S/C25H26N2O3/c28-25(26-15-18-8-11-23-24(14-18)30-17-29-23)12-13-27(21-9-10-21)16-20-6-3-5-19-4-1-2-7-22(19)20/h1-8,11,14,21H,9-10,12-13,15-17H2,(H,26,28). The van der Waals surface area contributed by atoms with Gasteiger partial charge in [-0.3, -0.25) is 9.69 Å². The molecule has 0 radical (unpaired) electrons. The molecule has 5 heteroatoms. The van der Waals surface area contributed by atoms with Crippen LogP contribution in [0.2, 0.25) is 0 Å². The van der Waals surface area contributed by atoms with E-state index in [2.05, 4.69) is 52.7 Å². The first-order valence-corrected chi connectivity index (χ1v) is 10.6. The lowest BCUT2D eigenvalue weighted by Gasteiger charge is -2.22. The van der Waals surface area contributed by atoms with E-state index in [-0.39, 0.29) is 12.7 Å². The number of nitrogens with zero attached hydrogens (tertiary/aromatic N) is 1. The minimum Gasteiger partial charge on any atom is -0.454 e. The molecule has 0 bridgehead atoms. The summed E-state index contributed by atoms with van der Waals surface area (Å²) in [6.45, 7) is 2.43. The minimum absolute atomic E-state index is 0.0798. The van der Waals surface area contributed by atoms with Gasteiger partial charge in [0.2, 0.25) is 12.7 Å². The van der Waals surface area contributed by atoms with Gasteiger partial charge in [-0.2, -0.15) is 0 Å². The number of carbonyl (C=O) groups excluding carboxylic acids is 1. The van der Waals surface area contributed by atoms with Crippen molar-refractivity contribution >= 4 is 16.7 Å². The number of hydrogen-bond donors (Lipinski definition) is 1. The van der Waals surface area contributed by atoms with Crippen LogP contribution in [0.5, 0.6) is 11.5 Å². The van der Waals surface area contributed by atoms with Gasteiger partial charge in [-0.15, -0.1) is 0 Å². The quantitative estimate of drug-likeness (QED) is 0.612. The number of carbonyl (C=O) groups is 1. The summed E-state index contributed by atoms with van der Waals surface area (Å²) >= 11 is 0. The number of ether oxygens (including phenoxy) is 2. The summed E-state index contributed by atoms with van der Waals surface area (Å²) in [6, 6.07) is 21.4. The second kappa shape index (κ2) is 8.36. The number of rotatable bonds is 8. The summed E-state index contributed by atoms with van der Waals surface area (Å²) in [4.78, 5) is 14.9. The SMILES string of the molecule is O=C(CCN(Cc1cccc2ccccc12)C1CC1)NCc1ccc2c(c1)OCO2. The molecule has 1 saturated carbocycles. The summed E-state index contributed by atoms with van der Waals surface area (Å²) in [5.74, 6) is 1.59. The molecule has 1 amide bonds. The highest BCUT2D eigenvalue weighted by atomic mass is 16.7. The zero-order chi connectivity index (χ0) is 20.3. The highest BCUT2D eigenvalue weighted by Gasteiger charge is 2.29. The summed E-state index contributed by atoms with van der Waals surface area (Å²) in [5, 5.41) is 5.61. The maximum atomic E-state index is 12.5. The lowest BCUT2D eigenvalue weighted by Crippen LogP contribution is -2.32. The molecule has 154 valence electrons. The second-order valence-electron chi connectivity index (χ2n) is 8.05. The fourth-order valence-electron chi connectivity index (χ4n) is 4.06. The summed E-state index contributed by atoms with van der Waals surface area (Å²) in [6.07, 6.45) is 2.96. The van der Waals surface area contributed by atoms with Crippen molar-refractivity contribution in [3.8, 4) is 11.5 Å². The van der Waals surface area contributed by atoms with Crippen LogP contribution in [-0.4, -0.2) is 30.2 Å². The number of benzene rings is 3. The van der Waals surface area contributed by atoms with Crippen molar-refractivity contribution in [1.82, 2.24) is 10.2 Å². The number of hydrogen-bond acceptors (Lipinski definition) is 4. The molecule has 3 aromatic carbocycles. The summed E-state index contributed by atoms with van der Waals surface area (Å²) in [5.41, 5.74) is 2.35. The molecule has 0 saturated heterocycles. The Labute approximate surface area is 176 Å². The smallest absolute Gasteiger partial charge is 0.231 e. The zero-order valence-corrected chi connectivity index (χ0v) is 17.0. The lowest BCUT2D eigenvalue weighted by atomic mass is 10.0. The van der Waals surface area contributed by atoms with E-state index in [1.54, 1.807) is 0 Å². The Hall–Kier alpha value is -3.05. The van der Waals surface area contributed by atoms with Crippen molar-refractivity contribution in [2.75, 3.05) is 13.3 Å². The van der Waals surface area contributed by atoms with Crippen LogP contribution >= 0.6 is 0 Å². The van der Waals surface area contributed by atoms with Crippen molar-refractivity contribution < 1.29 is 14.3 Å². The van der Waals surface area contributed by atoms with Crippen LogP contribution in [0.1, 0.15) is 30.4 Å². The van der Waals surface area contributed by atoms with E-state index >= 15 is 0 Å². The molecule has 0 unspecified atom stereocenters. The number of nitrogens with one attached hydrogen (secondary N) is 1. The average Bonchev–Trinajstić information content (AvgIpc) is 3.52. The van der Waals surface area contributed by atoms with E-state index in [1.165, 1.54) is 29.2 Å². The molecule has 30 heavy (non-hydrogen) atoms. The molecule has 0 aromatic heterocycles. The molecule has 2 aliphatic rings. The van der Waals surface area contributed by atoms with Gasteiger partial charge < -0.3 is 14.8 Å². The van der Waals surface area contributed by atoms with E-state index < -0.39 is 0 Å². The van der Waals surface area contributed by atoms with Gasteiger partial charge in [0.25, 0.3) is 0 Å². The first-order valence-electron chi connectivity index (χ1n) is 10.6. The van der Waals surface area contributed by atoms with E-state index in [9.17, 15) is 4.79 Å². The maximum Gasteiger partial charge on any atom is 0.231 e. The van der Waals surface area contributed by atoms with Crippen molar-refractivity contribution in [3.05, 3.63) is 71.8 Å². The highest BCUT2D eigenvalue weighted by molar-refractivity contribution is 5.85. The molecule has 0 spiro atoms. The predicted octanol–water partition coefficient (Wildman–Crippen LogP) is 4.24. The van der Waals surface area contributed by atoms with Gasteiger partial charge in [-0.25, -0.2) is 0 Å². The fourth-order valence-corrected chi connectivity index (χ4v) is 4.06. The van der Waals surface area contributed by atoms with Gasteiger partial charge in [0.15, 0.2) is 11.5 Å². The summed E-state index contributed by atoms with van der Waals surface area (Å²) in [7, 11) is 0. The first kappa shape index (κ1) is 18.9. The third kappa shape index (κ3) is 4.26. The van der Waals surface area contributed by atoms with E-state index in [0.29, 0.717) is 19.0 Å². The topological polar surface area (TPSA) is 50.8 Å². The van der Waals surface area contributed by atoms with Crippen LogP contribution in [0, 0.1) is 0 Å². The third-order valence-electron chi connectivity index (χ3n) is 5.87. The number of amides is 1. The molecular weight excluding hydrogens is 376 g/mol. The Morgan fingerprint density at radius 1 is 1.00 bits per heavy atom. The van der Waals surface area contributed by atoms with E-state index in [1.807, 2.05) is 18.2 Å². The third-order valence-corrected chi connectivity index (χ3v) is 5.87. The molecule has 1 fully saturated rings. The van der Waals surface area contributed by atoms with Gasteiger partial charge in [0, 0.05) is 32.1 Å². The Morgan fingerprint density at radius 2 is 1.83 bits per heavy atom. The van der Waals surface area contributed by atoms with Crippen molar-refractivity contribution in [2.45, 2.75) is 38.4 Å². The lowest BCUT2D eigenvalue weighted by molar-refractivity contribution is -0.121. The van der Waals surface area contributed by atoms with Gasteiger partial charge in [0.05, 0.1) is 0 Å². The van der Waals surface area contributed by atoms with Crippen LogP contribution in [-0.2, 0) is 17.9 Å². The molecule has 1 heterocycles. The van der Waals surface area contributed by atoms with Crippen LogP contribution < -0.4 is 14.8 Å². The van der Waals surface area contributed by atoms with Gasteiger partial charge in [-0.1, -0.05) is 48.5 Å². The van der Waals surface area contributed by atoms with Gasteiger partial charge >= 0.3 is 0 Å². The second-order valence-corrected chi connectivity index (χ2v) is 8.05. The van der Waals surface area contributed by atoms with Gasteiger partial charge in [-0.05, 0) is 46.9 Å². The first-order chi connectivity index (χ1) is 14.8. The van der Waals surface area contributed by atoms with E-state index in [0.717, 1.165) is 30.2 Å². The van der Waals surface area contributed by atoms with Gasteiger partial charge in [0.1, 0.15) is 0 Å². The molecule has 0 atom stereocenters. The van der Waals surface area contributed by atoms with Crippen LogP contribution in [0.15, 0.2) is 60.7 Å². The van der Waals surface area contributed by atoms with Crippen LogP contribution in [0.4, 0.5) is 0 Å². The molecule has 5 rings (SSSR count). The Balaban J connectivity index is 1.17. The average molecular weight is 402 g/mol. The number of fused-ring (bicyclic) bond motifs is 2.